The lowest BCUT2D eigenvalue weighted by atomic mass is 10.0. The van der Waals surface area contributed by atoms with Gasteiger partial charge in [-0.3, -0.25) is 4.79 Å². The van der Waals surface area contributed by atoms with Gasteiger partial charge in [-0.2, -0.15) is 0 Å². The summed E-state index contributed by atoms with van der Waals surface area (Å²) >= 11 is 0. The molecule has 0 aromatic rings. The van der Waals surface area contributed by atoms with Gasteiger partial charge in [0, 0.05) is 27.2 Å². The Morgan fingerprint density at radius 2 is 2.18 bits per heavy atom. The van der Waals surface area contributed by atoms with Crippen LogP contribution in [0.3, 0.4) is 0 Å². The Balaban J connectivity index is 2.41. The minimum Gasteiger partial charge on any atom is -0.377 e. The number of hydrogen-bond acceptors (Lipinski definition) is 3. The molecule has 0 aliphatic carbocycles. The van der Waals surface area contributed by atoms with E-state index in [1.165, 1.54) is 0 Å². The molecule has 1 aliphatic heterocycles. The van der Waals surface area contributed by atoms with Crippen molar-refractivity contribution in [2.45, 2.75) is 45.3 Å². The molecule has 100 valence electrons. The Labute approximate surface area is 105 Å². The molecule has 0 saturated carbocycles. The van der Waals surface area contributed by atoms with E-state index in [1.54, 1.807) is 4.90 Å². The van der Waals surface area contributed by atoms with Crippen molar-refractivity contribution in [1.29, 1.82) is 0 Å². The largest absolute Gasteiger partial charge is 0.377 e. The van der Waals surface area contributed by atoms with Gasteiger partial charge in [0.1, 0.15) is 0 Å². The van der Waals surface area contributed by atoms with E-state index in [0.29, 0.717) is 12.0 Å². The third-order valence-electron chi connectivity index (χ3n) is 3.06. The van der Waals surface area contributed by atoms with Gasteiger partial charge in [0.05, 0.1) is 12.1 Å². The van der Waals surface area contributed by atoms with Crippen LogP contribution in [-0.4, -0.2) is 50.2 Å². The van der Waals surface area contributed by atoms with E-state index < -0.39 is 0 Å². The Morgan fingerprint density at radius 3 is 2.65 bits per heavy atom. The summed E-state index contributed by atoms with van der Waals surface area (Å²) in [6, 6.07) is -0.0748. The smallest absolute Gasteiger partial charge is 0.239 e. The first-order valence-electron chi connectivity index (χ1n) is 6.57. The summed E-state index contributed by atoms with van der Waals surface area (Å²) in [6.07, 6.45) is 3.42. The molecule has 0 aromatic heterocycles. The van der Waals surface area contributed by atoms with Crippen LogP contribution in [0.1, 0.15) is 33.1 Å². The molecule has 1 amide bonds. The first-order chi connectivity index (χ1) is 8.00. The van der Waals surface area contributed by atoms with Crippen LogP contribution in [-0.2, 0) is 9.53 Å². The van der Waals surface area contributed by atoms with Crippen LogP contribution in [0.5, 0.6) is 0 Å². The van der Waals surface area contributed by atoms with Crippen molar-refractivity contribution in [2.24, 2.45) is 5.92 Å². The molecule has 2 atom stereocenters. The van der Waals surface area contributed by atoms with Crippen LogP contribution in [0, 0.1) is 5.92 Å². The topological polar surface area (TPSA) is 41.6 Å². The van der Waals surface area contributed by atoms with Crippen LogP contribution in [0.15, 0.2) is 0 Å². The molecule has 1 saturated heterocycles. The van der Waals surface area contributed by atoms with Gasteiger partial charge in [-0.1, -0.05) is 13.8 Å². The number of amides is 1. The zero-order valence-corrected chi connectivity index (χ0v) is 11.5. The SMILES string of the molecule is CC(C)CC(NCC1CCCO1)C(=O)N(C)C. The highest BCUT2D eigenvalue weighted by Crippen LogP contribution is 2.12. The van der Waals surface area contributed by atoms with E-state index in [9.17, 15) is 4.79 Å². The zero-order chi connectivity index (χ0) is 12.8. The van der Waals surface area contributed by atoms with E-state index >= 15 is 0 Å². The number of rotatable bonds is 6. The van der Waals surface area contributed by atoms with Crippen molar-refractivity contribution >= 4 is 5.91 Å². The highest BCUT2D eigenvalue weighted by Gasteiger charge is 2.23. The maximum atomic E-state index is 12.0. The summed E-state index contributed by atoms with van der Waals surface area (Å²) in [5.74, 6) is 0.678. The van der Waals surface area contributed by atoms with Gasteiger partial charge >= 0.3 is 0 Å². The summed E-state index contributed by atoms with van der Waals surface area (Å²) in [4.78, 5) is 13.7. The number of ether oxygens (including phenoxy) is 1. The summed E-state index contributed by atoms with van der Waals surface area (Å²) in [5.41, 5.74) is 0. The van der Waals surface area contributed by atoms with E-state index in [2.05, 4.69) is 19.2 Å². The molecule has 2 unspecified atom stereocenters. The summed E-state index contributed by atoms with van der Waals surface area (Å²) in [6.45, 7) is 5.94. The quantitative estimate of drug-likeness (QED) is 0.762. The van der Waals surface area contributed by atoms with Crippen molar-refractivity contribution in [2.75, 3.05) is 27.2 Å². The number of hydrogen-bond donors (Lipinski definition) is 1. The maximum Gasteiger partial charge on any atom is 0.239 e. The van der Waals surface area contributed by atoms with E-state index in [4.69, 9.17) is 4.74 Å². The lowest BCUT2D eigenvalue weighted by Crippen LogP contribution is -2.46. The molecule has 4 heteroatoms. The van der Waals surface area contributed by atoms with Gasteiger partial charge in [-0.25, -0.2) is 0 Å². The highest BCUT2D eigenvalue weighted by atomic mass is 16.5. The average molecular weight is 242 g/mol. The lowest BCUT2D eigenvalue weighted by Gasteiger charge is -2.24. The van der Waals surface area contributed by atoms with Crippen molar-refractivity contribution in [3.05, 3.63) is 0 Å². The lowest BCUT2D eigenvalue weighted by molar-refractivity contribution is -0.131. The third-order valence-corrected chi connectivity index (χ3v) is 3.06. The van der Waals surface area contributed by atoms with Crippen LogP contribution < -0.4 is 5.32 Å². The number of carbonyl (C=O) groups excluding carboxylic acids is 1. The summed E-state index contributed by atoms with van der Waals surface area (Å²) in [5, 5.41) is 3.36. The Bertz CT molecular complexity index is 236. The fourth-order valence-electron chi connectivity index (χ4n) is 2.13. The molecule has 17 heavy (non-hydrogen) atoms. The van der Waals surface area contributed by atoms with Gasteiger partial charge in [0.25, 0.3) is 0 Å². The molecule has 1 heterocycles. The van der Waals surface area contributed by atoms with Crippen LogP contribution in [0.4, 0.5) is 0 Å². The molecular formula is C13H26N2O2. The number of nitrogens with one attached hydrogen (secondary N) is 1. The van der Waals surface area contributed by atoms with Gasteiger partial charge in [0.2, 0.25) is 5.91 Å². The second kappa shape index (κ2) is 6.97. The Kier molecular flexibility index (Phi) is 5.92. The minimum absolute atomic E-state index is 0.0748. The van der Waals surface area contributed by atoms with Crippen molar-refractivity contribution in [3.63, 3.8) is 0 Å². The first-order valence-corrected chi connectivity index (χ1v) is 6.57. The van der Waals surface area contributed by atoms with E-state index in [0.717, 1.165) is 32.4 Å². The molecule has 0 bridgehead atoms. The van der Waals surface area contributed by atoms with Crippen LogP contribution >= 0.6 is 0 Å². The molecule has 4 nitrogen and oxygen atoms in total. The number of likely N-dealkylation sites (N-methyl/N-ethyl adjacent to an activating group) is 1. The average Bonchev–Trinajstić information content (AvgIpc) is 2.75. The summed E-state index contributed by atoms with van der Waals surface area (Å²) < 4.78 is 5.56. The van der Waals surface area contributed by atoms with Crippen LogP contribution in [0.25, 0.3) is 0 Å². The molecule has 1 N–H and O–H groups in total. The van der Waals surface area contributed by atoms with Gasteiger partial charge in [-0.15, -0.1) is 0 Å². The molecule has 1 rings (SSSR count). The molecule has 1 fully saturated rings. The highest BCUT2D eigenvalue weighted by molar-refractivity contribution is 5.81. The van der Waals surface area contributed by atoms with Crippen molar-refractivity contribution in [3.8, 4) is 0 Å². The first kappa shape index (κ1) is 14.5. The molecular weight excluding hydrogens is 216 g/mol. The molecule has 1 aliphatic rings. The normalized spacial score (nSPS) is 21.8. The van der Waals surface area contributed by atoms with Crippen molar-refractivity contribution < 1.29 is 9.53 Å². The minimum atomic E-state index is -0.0748. The fraction of sp³-hybridized carbons (Fsp3) is 0.923. The molecule has 0 radical (unpaired) electrons. The van der Waals surface area contributed by atoms with E-state index in [-0.39, 0.29) is 11.9 Å². The van der Waals surface area contributed by atoms with E-state index in [1.807, 2.05) is 14.1 Å². The van der Waals surface area contributed by atoms with Crippen molar-refractivity contribution in [1.82, 2.24) is 10.2 Å². The van der Waals surface area contributed by atoms with Gasteiger partial charge < -0.3 is 15.0 Å². The second-order valence-electron chi connectivity index (χ2n) is 5.46. The molecule has 0 aromatic carbocycles. The Hall–Kier alpha value is -0.610. The monoisotopic (exact) mass is 242 g/mol. The maximum absolute atomic E-state index is 12.0. The standard InChI is InChI=1S/C13H26N2O2/c1-10(2)8-12(13(16)15(3)4)14-9-11-6-5-7-17-11/h10-12,14H,5-9H2,1-4H3. The number of nitrogens with zero attached hydrogens (tertiary/aromatic N) is 1. The zero-order valence-electron chi connectivity index (χ0n) is 11.5. The second-order valence-corrected chi connectivity index (χ2v) is 5.46. The number of carbonyl (C=O) groups is 1. The van der Waals surface area contributed by atoms with Gasteiger partial charge in [0.15, 0.2) is 0 Å². The predicted octanol–water partition coefficient (Wildman–Crippen LogP) is 1.26. The Morgan fingerprint density at radius 1 is 1.47 bits per heavy atom. The predicted molar refractivity (Wildman–Crippen MR) is 68.9 cm³/mol. The van der Waals surface area contributed by atoms with Gasteiger partial charge in [-0.05, 0) is 25.2 Å². The fourth-order valence-corrected chi connectivity index (χ4v) is 2.13. The third kappa shape index (κ3) is 5.04. The molecule has 0 spiro atoms. The summed E-state index contributed by atoms with van der Waals surface area (Å²) in [7, 11) is 3.62. The van der Waals surface area contributed by atoms with Crippen LogP contribution in [0.2, 0.25) is 0 Å².